The summed E-state index contributed by atoms with van der Waals surface area (Å²) in [7, 11) is 0. The van der Waals surface area contributed by atoms with E-state index in [0.717, 1.165) is 45.2 Å². The maximum Gasteiger partial charge on any atom is 0.233 e. The third-order valence-corrected chi connectivity index (χ3v) is 8.10. The van der Waals surface area contributed by atoms with Crippen molar-refractivity contribution < 1.29 is 9.59 Å². The van der Waals surface area contributed by atoms with Crippen LogP contribution in [0.25, 0.3) is 0 Å². The van der Waals surface area contributed by atoms with Gasteiger partial charge in [-0.05, 0) is 61.8 Å². The first-order valence-electron chi connectivity index (χ1n) is 11.8. The molecule has 2 amide bonds. The molecule has 1 atom stereocenters. The topological polar surface area (TPSA) is 49.4 Å². The Morgan fingerprint density at radius 2 is 1.72 bits per heavy atom. The Morgan fingerprint density at radius 3 is 2.38 bits per heavy atom. The number of carbonyl (C=O) groups excluding carboxylic acids is 2. The molecule has 1 aromatic carbocycles. The molecule has 4 nitrogen and oxygen atoms in total. The van der Waals surface area contributed by atoms with Crippen LogP contribution in [0.3, 0.4) is 0 Å². The van der Waals surface area contributed by atoms with Crippen LogP contribution in [0.1, 0.15) is 76.2 Å². The monoisotopic (exact) mass is 394 g/mol. The van der Waals surface area contributed by atoms with Crippen LogP contribution in [-0.4, -0.2) is 35.8 Å². The first kappa shape index (κ1) is 19.1. The minimum absolute atomic E-state index is 0.214. The molecule has 5 rings (SSSR count). The molecule has 1 unspecified atom stereocenters. The van der Waals surface area contributed by atoms with E-state index >= 15 is 0 Å². The molecule has 4 aliphatic rings. The molecule has 4 fully saturated rings. The minimum Gasteiger partial charge on any atom is -0.353 e. The molecule has 156 valence electrons. The number of rotatable bonds is 6. The van der Waals surface area contributed by atoms with Crippen LogP contribution in [0.5, 0.6) is 0 Å². The Balaban J connectivity index is 1.30. The van der Waals surface area contributed by atoms with Crippen molar-refractivity contribution in [1.82, 2.24) is 10.2 Å². The van der Waals surface area contributed by atoms with Gasteiger partial charge in [-0.1, -0.05) is 49.6 Å². The average molecular weight is 395 g/mol. The van der Waals surface area contributed by atoms with E-state index in [4.69, 9.17) is 0 Å². The smallest absolute Gasteiger partial charge is 0.233 e. The maximum absolute atomic E-state index is 13.6. The van der Waals surface area contributed by atoms with Gasteiger partial charge in [-0.15, -0.1) is 0 Å². The van der Waals surface area contributed by atoms with Gasteiger partial charge in [-0.3, -0.25) is 9.59 Å². The number of likely N-dealkylation sites (tertiary alicyclic amines) is 1. The predicted molar refractivity (Wildman–Crippen MR) is 113 cm³/mol. The van der Waals surface area contributed by atoms with Crippen molar-refractivity contribution in [3.8, 4) is 0 Å². The zero-order valence-corrected chi connectivity index (χ0v) is 17.5. The molecule has 1 N–H and O–H groups in total. The van der Waals surface area contributed by atoms with Gasteiger partial charge in [0.05, 0.1) is 5.41 Å². The minimum atomic E-state index is -0.268. The van der Waals surface area contributed by atoms with Crippen molar-refractivity contribution in [1.29, 1.82) is 0 Å². The van der Waals surface area contributed by atoms with Gasteiger partial charge in [-0.2, -0.15) is 0 Å². The zero-order chi connectivity index (χ0) is 19.9. The number of nitrogens with zero attached hydrogens (tertiary/aromatic N) is 1. The lowest BCUT2D eigenvalue weighted by Gasteiger charge is -2.38. The van der Waals surface area contributed by atoms with Gasteiger partial charge in [0.2, 0.25) is 11.8 Å². The first-order valence-corrected chi connectivity index (χ1v) is 11.8. The van der Waals surface area contributed by atoms with Crippen LogP contribution in [-0.2, 0) is 15.0 Å². The van der Waals surface area contributed by atoms with E-state index in [1.54, 1.807) is 0 Å². The summed E-state index contributed by atoms with van der Waals surface area (Å²) in [5.41, 5.74) is 1.17. The summed E-state index contributed by atoms with van der Waals surface area (Å²) in [5, 5.41) is 3.14. The maximum atomic E-state index is 13.6. The highest BCUT2D eigenvalue weighted by Gasteiger charge is 2.56. The molecule has 3 saturated carbocycles. The second kappa shape index (κ2) is 7.45. The average Bonchev–Trinajstić information content (AvgIpc) is 3.67. The molecular weight excluding hydrogens is 360 g/mol. The quantitative estimate of drug-likeness (QED) is 0.787. The van der Waals surface area contributed by atoms with Crippen LogP contribution >= 0.6 is 0 Å². The standard InChI is InChI=1S/C25H34N2O2/c28-22(26-21-10-11-21)12-9-20-17-27(18-24(20)13-5-2-6-14-24)23(29)25(15-16-25)19-7-3-1-4-8-19/h1,3-4,7-8,20-21H,2,5-6,9-18H2,(H,26,28). The number of benzene rings is 1. The van der Waals surface area contributed by atoms with E-state index in [1.165, 1.54) is 37.7 Å². The Labute approximate surface area is 174 Å². The summed E-state index contributed by atoms with van der Waals surface area (Å²) in [6.45, 7) is 1.76. The summed E-state index contributed by atoms with van der Waals surface area (Å²) in [5.74, 6) is 1.04. The Hall–Kier alpha value is -1.84. The van der Waals surface area contributed by atoms with Crippen molar-refractivity contribution in [3.05, 3.63) is 35.9 Å². The molecule has 0 aromatic heterocycles. The SMILES string of the molecule is O=C(CCC1CN(C(=O)C2(c3ccccc3)CC2)CC12CCCCC2)NC1CC1. The number of hydrogen-bond acceptors (Lipinski definition) is 2. The van der Waals surface area contributed by atoms with Gasteiger partial charge in [-0.25, -0.2) is 0 Å². The van der Waals surface area contributed by atoms with E-state index in [2.05, 4.69) is 34.5 Å². The molecular formula is C25H34N2O2. The molecule has 1 aliphatic heterocycles. The summed E-state index contributed by atoms with van der Waals surface area (Å²) < 4.78 is 0. The molecule has 1 saturated heterocycles. The van der Waals surface area contributed by atoms with Crippen molar-refractivity contribution in [3.63, 3.8) is 0 Å². The Bertz CT molecular complexity index is 760. The molecule has 0 radical (unpaired) electrons. The Morgan fingerprint density at radius 1 is 1.00 bits per heavy atom. The lowest BCUT2D eigenvalue weighted by Crippen LogP contribution is -2.39. The predicted octanol–water partition coefficient (Wildman–Crippen LogP) is 4.19. The second-order valence-electron chi connectivity index (χ2n) is 10.1. The van der Waals surface area contributed by atoms with Crippen molar-refractivity contribution in [2.45, 2.75) is 82.1 Å². The molecule has 0 bridgehead atoms. The van der Waals surface area contributed by atoms with E-state index in [9.17, 15) is 9.59 Å². The van der Waals surface area contributed by atoms with Crippen LogP contribution in [0, 0.1) is 11.3 Å². The van der Waals surface area contributed by atoms with Gasteiger partial charge in [0.25, 0.3) is 0 Å². The van der Waals surface area contributed by atoms with Crippen molar-refractivity contribution >= 4 is 11.8 Å². The first-order chi connectivity index (χ1) is 14.1. The lowest BCUT2D eigenvalue weighted by atomic mass is 9.66. The molecule has 29 heavy (non-hydrogen) atoms. The summed E-state index contributed by atoms with van der Waals surface area (Å²) in [6.07, 6.45) is 12.1. The molecule has 1 aromatic rings. The van der Waals surface area contributed by atoms with Crippen LogP contribution in [0.4, 0.5) is 0 Å². The van der Waals surface area contributed by atoms with Crippen LogP contribution in [0.15, 0.2) is 30.3 Å². The molecule has 1 spiro atoms. The van der Waals surface area contributed by atoms with E-state index in [1.807, 2.05) is 6.07 Å². The number of nitrogens with one attached hydrogen (secondary N) is 1. The molecule has 1 heterocycles. The largest absolute Gasteiger partial charge is 0.353 e. The summed E-state index contributed by atoms with van der Waals surface area (Å²) in [4.78, 5) is 28.1. The van der Waals surface area contributed by atoms with Gasteiger partial charge >= 0.3 is 0 Å². The fraction of sp³-hybridized carbons (Fsp3) is 0.680. The molecule has 4 heteroatoms. The third-order valence-electron chi connectivity index (χ3n) is 8.10. The van der Waals surface area contributed by atoms with E-state index < -0.39 is 0 Å². The van der Waals surface area contributed by atoms with Crippen LogP contribution < -0.4 is 5.32 Å². The fourth-order valence-corrected chi connectivity index (χ4v) is 6.05. The zero-order valence-electron chi connectivity index (χ0n) is 17.5. The second-order valence-corrected chi connectivity index (χ2v) is 10.1. The van der Waals surface area contributed by atoms with Crippen LogP contribution in [0.2, 0.25) is 0 Å². The summed E-state index contributed by atoms with van der Waals surface area (Å²) >= 11 is 0. The Kier molecular flexibility index (Phi) is 4.92. The highest BCUT2D eigenvalue weighted by atomic mass is 16.2. The van der Waals surface area contributed by atoms with Crippen molar-refractivity contribution in [2.24, 2.45) is 11.3 Å². The normalized spacial score (nSPS) is 27.0. The number of hydrogen-bond donors (Lipinski definition) is 1. The van der Waals surface area contributed by atoms with Gasteiger partial charge < -0.3 is 10.2 Å². The van der Waals surface area contributed by atoms with Gasteiger partial charge in [0.15, 0.2) is 0 Å². The number of carbonyl (C=O) groups is 2. The highest BCUT2D eigenvalue weighted by molar-refractivity contribution is 5.91. The fourth-order valence-electron chi connectivity index (χ4n) is 6.05. The lowest BCUT2D eigenvalue weighted by molar-refractivity contribution is -0.133. The summed E-state index contributed by atoms with van der Waals surface area (Å²) in [6, 6.07) is 10.8. The van der Waals surface area contributed by atoms with E-state index in [0.29, 0.717) is 24.3 Å². The molecule has 3 aliphatic carbocycles. The van der Waals surface area contributed by atoms with Crippen molar-refractivity contribution in [2.75, 3.05) is 13.1 Å². The van der Waals surface area contributed by atoms with Gasteiger partial charge in [0.1, 0.15) is 0 Å². The van der Waals surface area contributed by atoms with Gasteiger partial charge in [0, 0.05) is 25.6 Å². The number of amides is 2. The third kappa shape index (κ3) is 3.71. The van der Waals surface area contributed by atoms with E-state index in [-0.39, 0.29) is 16.7 Å². The highest BCUT2D eigenvalue weighted by Crippen LogP contribution is 2.54.